The molecule has 2 rings (SSSR count). The number of amides is 2. The number of carbonyl (C=O) groups excluding carboxylic acids is 2. The molecule has 0 aliphatic rings. The van der Waals surface area contributed by atoms with Crippen LogP contribution in [0.1, 0.15) is 37.5 Å². The van der Waals surface area contributed by atoms with E-state index in [0.717, 1.165) is 15.6 Å². The van der Waals surface area contributed by atoms with E-state index in [1.807, 2.05) is 39.8 Å². The van der Waals surface area contributed by atoms with Crippen molar-refractivity contribution in [2.75, 3.05) is 13.2 Å². The number of rotatable bonds is 9. The number of nitrogens with one attached hydrogen (secondary N) is 1. The zero-order valence-corrected chi connectivity index (χ0v) is 22.1. The van der Waals surface area contributed by atoms with E-state index in [1.165, 1.54) is 4.90 Å². The first-order chi connectivity index (χ1) is 15.0. The number of hydrogen-bond donors (Lipinski definition) is 1. The van der Waals surface area contributed by atoms with Crippen molar-refractivity contribution in [2.24, 2.45) is 5.92 Å². The Morgan fingerprint density at radius 2 is 1.72 bits per heavy atom. The van der Waals surface area contributed by atoms with E-state index in [2.05, 4.69) is 21.2 Å². The Bertz CT molecular complexity index is 959. The maximum atomic E-state index is 13.2. The van der Waals surface area contributed by atoms with Crippen LogP contribution in [0.15, 0.2) is 34.8 Å². The normalized spacial score (nSPS) is 11.9. The van der Waals surface area contributed by atoms with Gasteiger partial charge in [0.25, 0.3) is 5.91 Å². The first-order valence-electron chi connectivity index (χ1n) is 10.4. The van der Waals surface area contributed by atoms with Gasteiger partial charge in [-0.2, -0.15) is 0 Å². The summed E-state index contributed by atoms with van der Waals surface area (Å²) in [6.07, 6.45) is 0. The molecule has 0 spiro atoms. The molecule has 1 atom stereocenters. The standard InChI is InChI=1S/C24H29BrCl2N2O3/c1-14(2)11-28-24(31)17(5)29(12-18-6-7-19(26)10-21(18)27)22(30)13-32-20-8-15(3)23(25)16(4)9-20/h6-10,14,17H,11-13H2,1-5H3,(H,28,31). The maximum absolute atomic E-state index is 13.2. The predicted molar refractivity (Wildman–Crippen MR) is 133 cm³/mol. The van der Waals surface area contributed by atoms with Crippen molar-refractivity contribution in [3.05, 3.63) is 61.5 Å². The van der Waals surface area contributed by atoms with Crippen LogP contribution in [0.2, 0.25) is 10.0 Å². The Kier molecular flexibility index (Phi) is 9.86. The van der Waals surface area contributed by atoms with Crippen molar-refractivity contribution in [3.8, 4) is 5.75 Å². The third-order valence-electron chi connectivity index (χ3n) is 4.98. The van der Waals surface area contributed by atoms with Crippen molar-refractivity contribution in [3.63, 3.8) is 0 Å². The zero-order valence-electron chi connectivity index (χ0n) is 19.0. The lowest BCUT2D eigenvalue weighted by Gasteiger charge is -2.29. The second-order valence-corrected chi connectivity index (χ2v) is 9.87. The molecule has 2 amide bonds. The van der Waals surface area contributed by atoms with Gasteiger partial charge < -0.3 is 15.0 Å². The molecule has 1 N–H and O–H groups in total. The molecule has 2 aromatic rings. The van der Waals surface area contributed by atoms with Crippen LogP contribution in [0, 0.1) is 19.8 Å². The Morgan fingerprint density at radius 3 is 2.28 bits per heavy atom. The number of ether oxygens (including phenoxy) is 1. The van der Waals surface area contributed by atoms with E-state index >= 15 is 0 Å². The average Bonchev–Trinajstić information content (AvgIpc) is 2.72. The van der Waals surface area contributed by atoms with Crippen LogP contribution in [-0.2, 0) is 16.1 Å². The van der Waals surface area contributed by atoms with Crippen LogP contribution in [-0.4, -0.2) is 35.9 Å². The second kappa shape index (κ2) is 11.9. The quantitative estimate of drug-likeness (QED) is 0.425. The molecule has 0 radical (unpaired) electrons. The van der Waals surface area contributed by atoms with E-state index in [1.54, 1.807) is 25.1 Å². The summed E-state index contributed by atoms with van der Waals surface area (Å²) in [7, 11) is 0. The van der Waals surface area contributed by atoms with Gasteiger partial charge in [-0.1, -0.05) is 59.0 Å². The third-order valence-corrected chi connectivity index (χ3v) is 6.82. The van der Waals surface area contributed by atoms with E-state index in [4.69, 9.17) is 27.9 Å². The number of benzene rings is 2. The summed E-state index contributed by atoms with van der Waals surface area (Å²) >= 11 is 15.9. The first kappa shape index (κ1) is 26.5. The van der Waals surface area contributed by atoms with E-state index < -0.39 is 6.04 Å². The minimum atomic E-state index is -0.704. The molecular weight excluding hydrogens is 515 g/mol. The highest BCUT2D eigenvalue weighted by atomic mass is 79.9. The first-order valence-corrected chi connectivity index (χ1v) is 11.9. The van der Waals surface area contributed by atoms with Crippen molar-refractivity contribution in [2.45, 2.75) is 47.2 Å². The summed E-state index contributed by atoms with van der Waals surface area (Å²) in [5.74, 6) is 0.347. The van der Waals surface area contributed by atoms with Crippen molar-refractivity contribution in [1.82, 2.24) is 10.2 Å². The van der Waals surface area contributed by atoms with Crippen molar-refractivity contribution in [1.29, 1.82) is 0 Å². The summed E-state index contributed by atoms with van der Waals surface area (Å²) < 4.78 is 6.79. The molecule has 5 nitrogen and oxygen atoms in total. The fourth-order valence-electron chi connectivity index (χ4n) is 3.09. The Morgan fingerprint density at radius 1 is 1.09 bits per heavy atom. The third kappa shape index (κ3) is 7.39. The molecule has 0 aromatic heterocycles. The predicted octanol–water partition coefficient (Wildman–Crippen LogP) is 5.94. The average molecular weight is 544 g/mol. The van der Waals surface area contributed by atoms with Crippen LogP contribution in [0.3, 0.4) is 0 Å². The Balaban J connectivity index is 2.21. The van der Waals surface area contributed by atoms with Crippen LogP contribution in [0.4, 0.5) is 0 Å². The maximum Gasteiger partial charge on any atom is 0.261 e. The van der Waals surface area contributed by atoms with Gasteiger partial charge in [-0.25, -0.2) is 0 Å². The topological polar surface area (TPSA) is 58.6 Å². The molecule has 2 aromatic carbocycles. The summed E-state index contributed by atoms with van der Waals surface area (Å²) in [4.78, 5) is 27.4. The molecule has 0 bridgehead atoms. The molecule has 0 saturated carbocycles. The minimum absolute atomic E-state index is 0.160. The summed E-state index contributed by atoms with van der Waals surface area (Å²) in [6.45, 7) is 10.1. The van der Waals surface area contributed by atoms with E-state index in [9.17, 15) is 9.59 Å². The lowest BCUT2D eigenvalue weighted by atomic mass is 10.1. The molecule has 0 aliphatic heterocycles. The van der Waals surface area contributed by atoms with Crippen LogP contribution >= 0.6 is 39.1 Å². The van der Waals surface area contributed by atoms with Gasteiger partial charge in [0.2, 0.25) is 5.91 Å². The SMILES string of the molecule is Cc1cc(OCC(=O)N(Cc2ccc(Cl)cc2Cl)C(C)C(=O)NCC(C)C)cc(C)c1Br. The van der Waals surface area contributed by atoms with Crippen LogP contribution in [0.5, 0.6) is 5.75 Å². The number of carbonyl (C=O) groups is 2. The van der Waals surface area contributed by atoms with Crippen molar-refractivity contribution >= 4 is 50.9 Å². The van der Waals surface area contributed by atoms with Gasteiger partial charge in [0.1, 0.15) is 11.8 Å². The fraction of sp³-hybridized carbons (Fsp3) is 0.417. The monoisotopic (exact) mass is 542 g/mol. The number of halogens is 3. The number of hydrogen-bond acceptors (Lipinski definition) is 3. The Labute approximate surface area is 208 Å². The van der Waals surface area contributed by atoms with Gasteiger partial charge in [-0.3, -0.25) is 9.59 Å². The summed E-state index contributed by atoms with van der Waals surface area (Å²) in [5.41, 5.74) is 2.72. The molecule has 32 heavy (non-hydrogen) atoms. The van der Waals surface area contributed by atoms with Gasteiger partial charge in [-0.05, 0) is 67.6 Å². The van der Waals surface area contributed by atoms with Crippen LogP contribution in [0.25, 0.3) is 0 Å². The highest BCUT2D eigenvalue weighted by molar-refractivity contribution is 9.10. The lowest BCUT2D eigenvalue weighted by molar-refractivity contribution is -0.142. The smallest absolute Gasteiger partial charge is 0.261 e. The molecule has 174 valence electrons. The van der Waals surface area contributed by atoms with Gasteiger partial charge in [-0.15, -0.1) is 0 Å². The lowest BCUT2D eigenvalue weighted by Crippen LogP contribution is -2.49. The number of nitrogens with zero attached hydrogens (tertiary/aromatic N) is 1. The van der Waals surface area contributed by atoms with Crippen molar-refractivity contribution < 1.29 is 14.3 Å². The summed E-state index contributed by atoms with van der Waals surface area (Å²) in [6, 6.07) is 8.11. The largest absolute Gasteiger partial charge is 0.484 e. The van der Waals surface area contributed by atoms with Gasteiger partial charge in [0.15, 0.2) is 6.61 Å². The van der Waals surface area contributed by atoms with Crippen LogP contribution < -0.4 is 10.1 Å². The fourth-order valence-corrected chi connectivity index (χ4v) is 3.78. The molecular formula is C24H29BrCl2N2O3. The molecule has 0 saturated heterocycles. The van der Waals surface area contributed by atoms with E-state index in [0.29, 0.717) is 33.8 Å². The van der Waals surface area contributed by atoms with Gasteiger partial charge in [0.05, 0.1) is 0 Å². The second-order valence-electron chi connectivity index (χ2n) is 8.23. The minimum Gasteiger partial charge on any atom is -0.484 e. The molecule has 8 heteroatoms. The van der Waals surface area contributed by atoms with Gasteiger partial charge in [0, 0.05) is 27.6 Å². The zero-order chi connectivity index (χ0) is 24.0. The molecule has 0 fully saturated rings. The highest BCUT2D eigenvalue weighted by Gasteiger charge is 2.27. The summed E-state index contributed by atoms with van der Waals surface area (Å²) in [5, 5.41) is 3.83. The molecule has 0 aliphatic carbocycles. The highest BCUT2D eigenvalue weighted by Crippen LogP contribution is 2.27. The molecule has 0 heterocycles. The van der Waals surface area contributed by atoms with Gasteiger partial charge >= 0.3 is 0 Å². The number of aryl methyl sites for hydroxylation is 2. The van der Waals surface area contributed by atoms with E-state index in [-0.39, 0.29) is 25.0 Å². The Hall–Kier alpha value is -1.76. The molecule has 1 unspecified atom stereocenters.